The van der Waals surface area contributed by atoms with Crippen molar-refractivity contribution in [3.63, 3.8) is 0 Å². The van der Waals surface area contributed by atoms with E-state index in [1.165, 1.54) is 4.90 Å². The first-order valence-corrected chi connectivity index (χ1v) is 11.6. The minimum Gasteiger partial charge on any atom is -0.494 e. The van der Waals surface area contributed by atoms with Gasteiger partial charge in [0.05, 0.1) is 25.0 Å². The number of nitrogens with zero attached hydrogens (tertiary/aromatic N) is 3. The molecule has 34 heavy (non-hydrogen) atoms. The summed E-state index contributed by atoms with van der Waals surface area (Å²) in [5.41, 5.74) is 2.78. The minimum atomic E-state index is -0.300. The lowest BCUT2D eigenvalue weighted by Crippen LogP contribution is -2.47. The number of benzene rings is 2. The van der Waals surface area contributed by atoms with E-state index in [0.717, 1.165) is 24.5 Å². The van der Waals surface area contributed by atoms with E-state index >= 15 is 0 Å². The average Bonchev–Trinajstić information content (AvgIpc) is 3.48. The predicted molar refractivity (Wildman–Crippen MR) is 129 cm³/mol. The fraction of sp³-hybridized carbons (Fsp3) is 0.259. The Morgan fingerprint density at radius 3 is 2.18 bits per heavy atom. The van der Waals surface area contributed by atoms with Crippen LogP contribution in [0.25, 0.3) is 5.57 Å². The van der Waals surface area contributed by atoms with Crippen molar-refractivity contribution in [1.82, 2.24) is 9.80 Å². The van der Waals surface area contributed by atoms with Gasteiger partial charge in [0, 0.05) is 31.9 Å². The molecule has 2 aliphatic rings. The molecule has 7 heteroatoms. The number of ether oxygens (including phenoxy) is 1. The first-order valence-electron chi connectivity index (χ1n) is 11.6. The fourth-order valence-electron chi connectivity index (χ4n) is 4.53. The zero-order valence-electron chi connectivity index (χ0n) is 19.1. The lowest BCUT2D eigenvalue weighted by molar-refractivity contribution is -0.138. The molecule has 3 aromatic rings. The topological polar surface area (TPSA) is 66.2 Å². The zero-order chi connectivity index (χ0) is 23.5. The van der Waals surface area contributed by atoms with Gasteiger partial charge in [-0.1, -0.05) is 30.3 Å². The van der Waals surface area contributed by atoms with Gasteiger partial charge in [-0.2, -0.15) is 0 Å². The molecule has 2 amide bonds. The number of hydrogen-bond donors (Lipinski definition) is 0. The van der Waals surface area contributed by atoms with Gasteiger partial charge in [-0.15, -0.1) is 0 Å². The van der Waals surface area contributed by atoms with E-state index in [9.17, 15) is 9.59 Å². The lowest BCUT2D eigenvalue weighted by Gasteiger charge is -2.37. The third kappa shape index (κ3) is 4.17. The Hall–Kier alpha value is -4.00. The van der Waals surface area contributed by atoms with Gasteiger partial charge in [0.25, 0.3) is 11.8 Å². The Kier molecular flexibility index (Phi) is 6.08. The monoisotopic (exact) mass is 457 g/mol. The van der Waals surface area contributed by atoms with Crippen molar-refractivity contribution < 1.29 is 18.7 Å². The van der Waals surface area contributed by atoms with Crippen LogP contribution >= 0.6 is 0 Å². The zero-order valence-corrected chi connectivity index (χ0v) is 19.1. The van der Waals surface area contributed by atoms with Gasteiger partial charge >= 0.3 is 0 Å². The number of carbonyl (C=O) groups is 2. The van der Waals surface area contributed by atoms with E-state index in [1.807, 2.05) is 54.3 Å². The van der Waals surface area contributed by atoms with Crippen LogP contribution in [-0.4, -0.2) is 54.4 Å². The van der Waals surface area contributed by atoms with Crippen LogP contribution in [0.2, 0.25) is 0 Å². The third-order valence-electron chi connectivity index (χ3n) is 6.21. The highest BCUT2D eigenvalue weighted by molar-refractivity contribution is 6.35. The second-order valence-corrected chi connectivity index (χ2v) is 8.27. The number of para-hydroxylation sites is 1. The molecule has 7 nitrogen and oxygen atoms in total. The molecule has 0 aliphatic carbocycles. The number of amides is 2. The molecule has 2 aliphatic heterocycles. The number of furan rings is 1. The Balaban J connectivity index is 1.45. The van der Waals surface area contributed by atoms with Gasteiger partial charge < -0.3 is 19.0 Å². The maximum absolute atomic E-state index is 13.6. The van der Waals surface area contributed by atoms with Crippen molar-refractivity contribution in [3.8, 4) is 5.75 Å². The summed E-state index contributed by atoms with van der Waals surface area (Å²) in [7, 11) is 0. The van der Waals surface area contributed by atoms with E-state index in [1.54, 1.807) is 18.4 Å². The molecule has 1 aromatic heterocycles. The van der Waals surface area contributed by atoms with Crippen molar-refractivity contribution in [1.29, 1.82) is 0 Å². The highest BCUT2D eigenvalue weighted by atomic mass is 16.5. The average molecular weight is 458 g/mol. The Morgan fingerprint density at radius 2 is 1.53 bits per heavy atom. The van der Waals surface area contributed by atoms with E-state index in [2.05, 4.69) is 17.0 Å². The van der Waals surface area contributed by atoms with Gasteiger partial charge in [0.1, 0.15) is 17.2 Å². The number of carbonyl (C=O) groups excluding carboxylic acids is 2. The largest absolute Gasteiger partial charge is 0.494 e. The summed E-state index contributed by atoms with van der Waals surface area (Å²) in [6, 6.07) is 21.1. The van der Waals surface area contributed by atoms with Crippen molar-refractivity contribution >= 4 is 23.1 Å². The van der Waals surface area contributed by atoms with Crippen LogP contribution in [0.4, 0.5) is 5.69 Å². The summed E-state index contributed by atoms with van der Waals surface area (Å²) in [5.74, 6) is 0.724. The summed E-state index contributed by atoms with van der Waals surface area (Å²) in [6.45, 7) is 5.44. The molecular formula is C27H27N3O4. The van der Waals surface area contributed by atoms with Crippen molar-refractivity contribution in [2.75, 3.05) is 37.7 Å². The first kappa shape index (κ1) is 21.8. The predicted octanol–water partition coefficient (Wildman–Crippen LogP) is 3.78. The van der Waals surface area contributed by atoms with Crippen LogP contribution in [0.15, 0.2) is 83.1 Å². The maximum Gasteiger partial charge on any atom is 0.278 e. The third-order valence-corrected chi connectivity index (χ3v) is 6.21. The van der Waals surface area contributed by atoms with Crippen LogP contribution in [-0.2, 0) is 16.1 Å². The van der Waals surface area contributed by atoms with Crippen molar-refractivity contribution in [3.05, 3.63) is 90.0 Å². The highest BCUT2D eigenvalue weighted by Gasteiger charge is 2.42. The van der Waals surface area contributed by atoms with E-state index in [0.29, 0.717) is 42.3 Å². The SMILES string of the molecule is CCOc1ccc(C2=C(N3CCN(c4ccccc4)CC3)C(=O)N(Cc3ccco3)C2=O)cc1. The van der Waals surface area contributed by atoms with Gasteiger partial charge in [-0.05, 0) is 48.9 Å². The van der Waals surface area contributed by atoms with Crippen LogP contribution in [0.1, 0.15) is 18.2 Å². The summed E-state index contributed by atoms with van der Waals surface area (Å²) < 4.78 is 11.0. The molecule has 0 saturated carbocycles. The molecule has 5 rings (SSSR count). The lowest BCUT2D eigenvalue weighted by atomic mass is 10.0. The molecule has 0 radical (unpaired) electrons. The van der Waals surface area contributed by atoms with Gasteiger partial charge in [0.15, 0.2) is 0 Å². The molecule has 0 N–H and O–H groups in total. The molecule has 1 saturated heterocycles. The fourth-order valence-corrected chi connectivity index (χ4v) is 4.53. The quantitative estimate of drug-likeness (QED) is 0.503. The molecule has 3 heterocycles. The van der Waals surface area contributed by atoms with E-state index in [4.69, 9.17) is 9.15 Å². The number of anilines is 1. The normalized spacial score (nSPS) is 16.6. The molecule has 0 bridgehead atoms. The molecule has 0 atom stereocenters. The molecule has 1 fully saturated rings. The summed E-state index contributed by atoms with van der Waals surface area (Å²) >= 11 is 0. The summed E-state index contributed by atoms with van der Waals surface area (Å²) in [6.07, 6.45) is 1.55. The summed E-state index contributed by atoms with van der Waals surface area (Å²) in [4.78, 5) is 32.7. The Morgan fingerprint density at radius 1 is 0.824 bits per heavy atom. The smallest absolute Gasteiger partial charge is 0.278 e. The van der Waals surface area contributed by atoms with Crippen LogP contribution in [0.3, 0.4) is 0 Å². The molecule has 0 unspecified atom stereocenters. The number of piperazine rings is 1. The number of imide groups is 1. The molecular weight excluding hydrogens is 430 g/mol. The van der Waals surface area contributed by atoms with Crippen LogP contribution < -0.4 is 9.64 Å². The number of rotatable bonds is 7. The van der Waals surface area contributed by atoms with E-state index in [-0.39, 0.29) is 18.4 Å². The van der Waals surface area contributed by atoms with E-state index < -0.39 is 0 Å². The van der Waals surface area contributed by atoms with Gasteiger partial charge in [-0.25, -0.2) is 0 Å². The molecule has 2 aromatic carbocycles. The minimum absolute atomic E-state index is 0.110. The first-order chi connectivity index (χ1) is 16.7. The van der Waals surface area contributed by atoms with Gasteiger partial charge in [0.2, 0.25) is 0 Å². The molecule has 174 valence electrons. The second kappa shape index (κ2) is 9.47. The number of hydrogen-bond acceptors (Lipinski definition) is 6. The van der Waals surface area contributed by atoms with Gasteiger partial charge in [-0.3, -0.25) is 14.5 Å². The summed E-state index contributed by atoms with van der Waals surface area (Å²) in [5, 5.41) is 0. The Bertz CT molecular complexity index is 1180. The van der Waals surface area contributed by atoms with Crippen molar-refractivity contribution in [2.24, 2.45) is 0 Å². The standard InChI is InChI=1S/C27H27N3O4/c1-2-33-22-12-10-20(11-13-22)24-25(27(32)30(26(24)31)19-23-9-6-18-34-23)29-16-14-28(15-17-29)21-7-4-3-5-8-21/h3-13,18H,2,14-17,19H2,1H3. The van der Waals surface area contributed by atoms with Crippen LogP contribution in [0.5, 0.6) is 5.75 Å². The van der Waals surface area contributed by atoms with Crippen LogP contribution in [0, 0.1) is 0 Å². The van der Waals surface area contributed by atoms with Crippen molar-refractivity contribution in [2.45, 2.75) is 13.5 Å². The highest BCUT2D eigenvalue weighted by Crippen LogP contribution is 2.34. The maximum atomic E-state index is 13.6. The molecule has 0 spiro atoms. The second-order valence-electron chi connectivity index (χ2n) is 8.27. The Labute approximate surface area is 198 Å².